The van der Waals surface area contributed by atoms with Crippen molar-refractivity contribution in [2.45, 2.75) is 6.42 Å². The highest BCUT2D eigenvalue weighted by atomic mass is 16.5. The Morgan fingerprint density at radius 3 is 2.21 bits per heavy atom. The Balaban J connectivity index is 1.95. The maximum absolute atomic E-state index is 5.66. The highest BCUT2D eigenvalue weighted by Crippen LogP contribution is 2.27. The molecule has 6 nitrogen and oxygen atoms in total. The molecule has 1 aromatic carbocycles. The predicted molar refractivity (Wildman–Crippen MR) is 71.7 cm³/mol. The van der Waals surface area contributed by atoms with Gasteiger partial charge in [-0.25, -0.2) is 0 Å². The zero-order chi connectivity index (χ0) is 13.7. The molecule has 1 heterocycles. The molecule has 0 atom stereocenters. The number of nitrogens with one attached hydrogen (secondary N) is 1. The van der Waals surface area contributed by atoms with Gasteiger partial charge in [-0.05, 0) is 0 Å². The van der Waals surface area contributed by atoms with E-state index in [4.69, 9.17) is 19.9 Å². The van der Waals surface area contributed by atoms with Gasteiger partial charge in [-0.1, -0.05) is 0 Å². The lowest BCUT2D eigenvalue weighted by Crippen LogP contribution is -2.02. The maximum Gasteiger partial charge on any atom is 0.145 e. The summed E-state index contributed by atoms with van der Waals surface area (Å²) in [6, 6.07) is 7.20. The number of nitrogens with zero attached hydrogens (tertiary/aromatic N) is 1. The van der Waals surface area contributed by atoms with Crippen molar-refractivity contribution >= 4 is 5.82 Å². The van der Waals surface area contributed by atoms with E-state index in [2.05, 4.69) is 10.2 Å². The maximum atomic E-state index is 5.66. The van der Waals surface area contributed by atoms with Crippen LogP contribution in [0.25, 0.3) is 0 Å². The van der Waals surface area contributed by atoms with E-state index in [1.807, 2.05) is 12.1 Å². The summed E-state index contributed by atoms with van der Waals surface area (Å²) in [6.07, 6.45) is 0.698. The fourth-order valence-corrected chi connectivity index (χ4v) is 1.65. The summed E-state index contributed by atoms with van der Waals surface area (Å²) in [4.78, 5) is 0. The van der Waals surface area contributed by atoms with Crippen molar-refractivity contribution in [3.63, 3.8) is 0 Å². The van der Waals surface area contributed by atoms with Crippen molar-refractivity contribution in [2.24, 2.45) is 0 Å². The molecule has 102 valence electrons. The van der Waals surface area contributed by atoms with Gasteiger partial charge < -0.3 is 19.9 Å². The van der Waals surface area contributed by atoms with Crippen molar-refractivity contribution in [3.8, 4) is 17.2 Å². The summed E-state index contributed by atoms with van der Waals surface area (Å²) in [5, 5.41) is 6.69. The molecular formula is C13H17N3O3. The summed E-state index contributed by atoms with van der Waals surface area (Å²) in [5.74, 6) is 2.57. The second kappa shape index (κ2) is 5.99. The first-order valence-electron chi connectivity index (χ1n) is 5.87. The van der Waals surface area contributed by atoms with Crippen molar-refractivity contribution in [1.29, 1.82) is 0 Å². The van der Waals surface area contributed by atoms with E-state index in [0.29, 0.717) is 36.1 Å². The van der Waals surface area contributed by atoms with Gasteiger partial charge in [-0.2, -0.15) is 5.10 Å². The first-order chi connectivity index (χ1) is 9.21. The molecule has 3 N–H and O–H groups in total. The molecule has 0 bridgehead atoms. The van der Waals surface area contributed by atoms with Crippen LogP contribution in [0, 0.1) is 0 Å². The van der Waals surface area contributed by atoms with E-state index in [-0.39, 0.29) is 0 Å². The minimum absolute atomic E-state index is 0.484. The number of ether oxygens (including phenoxy) is 3. The Kier molecular flexibility index (Phi) is 4.12. The van der Waals surface area contributed by atoms with Crippen molar-refractivity contribution in [1.82, 2.24) is 10.2 Å². The lowest BCUT2D eigenvalue weighted by Gasteiger charge is -2.09. The van der Waals surface area contributed by atoms with Crippen molar-refractivity contribution < 1.29 is 14.2 Å². The van der Waals surface area contributed by atoms with Gasteiger partial charge in [0.05, 0.1) is 20.8 Å². The van der Waals surface area contributed by atoms with E-state index in [1.54, 1.807) is 26.4 Å². The number of H-pyrrole nitrogens is 1. The quantitative estimate of drug-likeness (QED) is 0.827. The van der Waals surface area contributed by atoms with Gasteiger partial charge in [0.2, 0.25) is 0 Å². The van der Waals surface area contributed by atoms with Gasteiger partial charge in [0.25, 0.3) is 0 Å². The molecule has 0 saturated carbocycles. The molecule has 19 heavy (non-hydrogen) atoms. The highest BCUT2D eigenvalue weighted by Gasteiger charge is 2.04. The van der Waals surface area contributed by atoms with Crippen molar-refractivity contribution in [3.05, 3.63) is 30.0 Å². The molecule has 0 aliphatic rings. The number of benzene rings is 1. The standard InChI is InChI=1S/C13H17N3O3/c1-17-10-6-11(18-2)8-12(7-10)19-4-3-9-5-13(14)16-15-9/h5-8H,3-4H2,1-2H3,(H3,14,15,16). The molecule has 1 aromatic heterocycles. The fraction of sp³-hybridized carbons (Fsp3) is 0.308. The minimum Gasteiger partial charge on any atom is -0.496 e. The molecule has 2 aromatic rings. The number of methoxy groups -OCH3 is 2. The van der Waals surface area contributed by atoms with E-state index in [1.165, 1.54) is 0 Å². The van der Waals surface area contributed by atoms with Gasteiger partial charge in [-0.15, -0.1) is 0 Å². The van der Waals surface area contributed by atoms with E-state index in [9.17, 15) is 0 Å². The third kappa shape index (κ3) is 3.54. The zero-order valence-electron chi connectivity index (χ0n) is 11.0. The lowest BCUT2D eigenvalue weighted by atomic mass is 10.3. The van der Waals surface area contributed by atoms with Crippen LogP contribution in [-0.2, 0) is 6.42 Å². The number of aromatic nitrogens is 2. The summed E-state index contributed by atoms with van der Waals surface area (Å²) in [5.41, 5.74) is 6.46. The van der Waals surface area contributed by atoms with Gasteiger partial charge in [-0.3, -0.25) is 5.10 Å². The van der Waals surface area contributed by atoms with Crippen molar-refractivity contribution in [2.75, 3.05) is 26.6 Å². The Morgan fingerprint density at radius 2 is 1.68 bits per heavy atom. The lowest BCUT2D eigenvalue weighted by molar-refractivity contribution is 0.313. The van der Waals surface area contributed by atoms with E-state index >= 15 is 0 Å². The summed E-state index contributed by atoms with van der Waals surface area (Å²) in [6.45, 7) is 0.512. The van der Waals surface area contributed by atoms with Crippen LogP contribution in [0.2, 0.25) is 0 Å². The van der Waals surface area contributed by atoms with Crippen LogP contribution in [0.1, 0.15) is 5.69 Å². The second-order valence-corrected chi connectivity index (χ2v) is 3.96. The van der Waals surface area contributed by atoms with Gasteiger partial charge in [0, 0.05) is 36.4 Å². The van der Waals surface area contributed by atoms with Gasteiger partial charge in [0.15, 0.2) is 0 Å². The van der Waals surface area contributed by atoms with Crippen LogP contribution < -0.4 is 19.9 Å². The molecule has 2 rings (SSSR count). The SMILES string of the molecule is COc1cc(OC)cc(OCCc2cc(N)n[nH]2)c1. The molecule has 0 fully saturated rings. The van der Waals surface area contributed by atoms with Crippen LogP contribution in [0.3, 0.4) is 0 Å². The number of anilines is 1. The molecule has 0 radical (unpaired) electrons. The minimum atomic E-state index is 0.484. The van der Waals surface area contributed by atoms with E-state index in [0.717, 1.165) is 5.69 Å². The number of rotatable bonds is 6. The molecular weight excluding hydrogens is 246 g/mol. The molecule has 0 aliphatic heterocycles. The third-order valence-corrected chi connectivity index (χ3v) is 2.62. The van der Waals surface area contributed by atoms with Crippen LogP contribution in [0.15, 0.2) is 24.3 Å². The van der Waals surface area contributed by atoms with Crippen LogP contribution >= 0.6 is 0 Å². The zero-order valence-corrected chi connectivity index (χ0v) is 11.0. The molecule has 0 amide bonds. The highest BCUT2D eigenvalue weighted by molar-refractivity contribution is 5.42. The third-order valence-electron chi connectivity index (χ3n) is 2.62. The monoisotopic (exact) mass is 263 g/mol. The molecule has 0 unspecified atom stereocenters. The topological polar surface area (TPSA) is 82.4 Å². The Morgan fingerprint density at radius 1 is 1.05 bits per heavy atom. The second-order valence-electron chi connectivity index (χ2n) is 3.96. The normalized spacial score (nSPS) is 10.2. The number of nitrogens with two attached hydrogens (primary N) is 1. The average Bonchev–Trinajstić information content (AvgIpc) is 2.84. The first-order valence-corrected chi connectivity index (χ1v) is 5.87. The van der Waals surface area contributed by atoms with Crippen LogP contribution in [-0.4, -0.2) is 31.0 Å². The number of nitrogen functional groups attached to an aromatic ring is 1. The largest absolute Gasteiger partial charge is 0.496 e. The molecule has 0 spiro atoms. The van der Waals surface area contributed by atoms with Gasteiger partial charge >= 0.3 is 0 Å². The molecule has 0 saturated heterocycles. The average molecular weight is 263 g/mol. The number of hydrogen-bond donors (Lipinski definition) is 2. The Labute approximate surface area is 111 Å². The predicted octanol–water partition coefficient (Wildman–Crippen LogP) is 1.63. The smallest absolute Gasteiger partial charge is 0.145 e. The summed E-state index contributed by atoms with van der Waals surface area (Å²) < 4.78 is 16.0. The van der Waals surface area contributed by atoms with Crippen LogP contribution in [0.5, 0.6) is 17.2 Å². The number of hydrogen-bond acceptors (Lipinski definition) is 5. The Hall–Kier alpha value is -2.37. The molecule has 0 aliphatic carbocycles. The molecule has 6 heteroatoms. The summed E-state index contributed by atoms with van der Waals surface area (Å²) in [7, 11) is 3.21. The first kappa shape index (κ1) is 13.1. The number of aromatic amines is 1. The van der Waals surface area contributed by atoms with E-state index < -0.39 is 0 Å². The fourth-order valence-electron chi connectivity index (χ4n) is 1.65. The summed E-state index contributed by atoms with van der Waals surface area (Å²) >= 11 is 0. The van der Waals surface area contributed by atoms with Gasteiger partial charge in [0.1, 0.15) is 23.1 Å². The Bertz CT molecular complexity index is 517. The van der Waals surface area contributed by atoms with Crippen LogP contribution in [0.4, 0.5) is 5.82 Å².